The molecule has 5 rings (SSSR count). The predicted octanol–water partition coefficient (Wildman–Crippen LogP) is 1.60. The molecule has 0 radical (unpaired) electrons. The largest absolute Gasteiger partial charge is 0.483 e. The molecule has 4 heterocycles. The third-order valence-corrected chi connectivity index (χ3v) is 6.02. The van der Waals surface area contributed by atoms with E-state index in [0.717, 1.165) is 56.8 Å². The van der Waals surface area contributed by atoms with Gasteiger partial charge < -0.3 is 14.4 Å². The van der Waals surface area contributed by atoms with Crippen LogP contribution in [0.15, 0.2) is 29.1 Å². The molecule has 1 unspecified atom stereocenters. The van der Waals surface area contributed by atoms with Crippen LogP contribution < -0.4 is 5.69 Å². The number of hydrogen-bond donors (Lipinski definition) is 2. The monoisotopic (exact) mass is 428 g/mol. The highest BCUT2D eigenvalue weighted by Gasteiger charge is 2.43. The van der Waals surface area contributed by atoms with Crippen LogP contribution in [0.2, 0.25) is 0 Å². The highest BCUT2D eigenvalue weighted by atomic mass is 16.5. The lowest BCUT2D eigenvalue weighted by atomic mass is 10.0. The number of carbonyl (C=O) groups is 1. The molecule has 1 spiro atoms. The fourth-order valence-electron chi connectivity index (χ4n) is 4.50. The van der Waals surface area contributed by atoms with Crippen molar-refractivity contribution in [2.45, 2.75) is 58.0 Å². The number of hydrogen-bond acceptors (Lipinski definition) is 6. The Labute approximate surface area is 179 Å². The first-order valence-corrected chi connectivity index (χ1v) is 10.6. The number of aryl methyl sites for hydroxylation is 1. The molecule has 1 fully saturated rings. The maximum atomic E-state index is 12.0. The smallest absolute Gasteiger partial charge is 0.343 e. The van der Waals surface area contributed by atoms with Crippen LogP contribution in [0.25, 0.3) is 11.0 Å². The number of para-hydroxylation sites is 2. The summed E-state index contributed by atoms with van der Waals surface area (Å²) in [6.07, 6.45) is 3.22. The molecular weight excluding hydrogens is 400 g/mol. The van der Waals surface area contributed by atoms with E-state index in [1.165, 1.54) is 5.52 Å². The van der Waals surface area contributed by atoms with Crippen LogP contribution >= 0.6 is 0 Å². The molecule has 10 heteroatoms. The van der Waals surface area contributed by atoms with Crippen molar-refractivity contribution in [3.63, 3.8) is 0 Å². The highest BCUT2D eigenvalue weighted by Crippen LogP contribution is 2.32. The van der Waals surface area contributed by atoms with Crippen molar-refractivity contribution in [1.82, 2.24) is 29.2 Å². The molecule has 2 aliphatic rings. The summed E-state index contributed by atoms with van der Waals surface area (Å²) in [5.74, 6) is 1.80. The number of imidazole rings is 1. The number of H-pyrrole nitrogens is 1. The van der Waals surface area contributed by atoms with Gasteiger partial charge in [0.05, 0.1) is 24.1 Å². The Morgan fingerprint density at radius 3 is 2.94 bits per heavy atom. The van der Waals surface area contributed by atoms with E-state index in [9.17, 15) is 4.79 Å². The number of benzene rings is 1. The quantitative estimate of drug-likeness (QED) is 0.593. The van der Waals surface area contributed by atoms with Gasteiger partial charge in [0.25, 0.3) is 6.47 Å². The first-order valence-electron chi connectivity index (χ1n) is 10.6. The molecule has 0 amide bonds. The zero-order chi connectivity index (χ0) is 21.8. The molecule has 1 atom stereocenters. The number of nitrogens with one attached hydrogen (secondary N) is 1. The molecule has 166 valence electrons. The van der Waals surface area contributed by atoms with E-state index >= 15 is 0 Å². The molecule has 1 saturated heterocycles. The Balaban J connectivity index is 0.000000730. The molecule has 10 nitrogen and oxygen atoms in total. The van der Waals surface area contributed by atoms with E-state index in [4.69, 9.17) is 19.6 Å². The van der Waals surface area contributed by atoms with E-state index in [1.54, 1.807) is 4.57 Å². The standard InChI is InChI=1S/C20H26N6O2.CH2O2/c1-2-3-9-25-16-7-5-4-6-15(16)21-17(25)11-24-10-8-20(13-24)14-26-18(12-28-20)22-23-19(26)27;2-1-3/h4-7H,2-3,8-14H2,1H3,(H,23,27);1H,(H,2,3). The minimum Gasteiger partial charge on any atom is -0.483 e. The van der Waals surface area contributed by atoms with Crippen LogP contribution in [0.5, 0.6) is 0 Å². The van der Waals surface area contributed by atoms with Crippen molar-refractivity contribution < 1.29 is 14.6 Å². The zero-order valence-corrected chi connectivity index (χ0v) is 17.7. The summed E-state index contributed by atoms with van der Waals surface area (Å²) < 4.78 is 10.3. The SMILES string of the molecule is CCCCn1c(CN2CCC3(C2)Cn2c(n[nH]c2=O)CO3)nc2ccccc21.O=CO. The molecule has 0 saturated carbocycles. The highest BCUT2D eigenvalue weighted by molar-refractivity contribution is 5.75. The number of carboxylic acid groups (broad SMARTS) is 1. The number of rotatable bonds is 5. The van der Waals surface area contributed by atoms with Crippen LogP contribution in [0.3, 0.4) is 0 Å². The topological polar surface area (TPSA) is 118 Å². The van der Waals surface area contributed by atoms with Gasteiger partial charge in [-0.3, -0.25) is 14.3 Å². The minimum absolute atomic E-state index is 0.141. The lowest BCUT2D eigenvalue weighted by Crippen LogP contribution is -2.46. The van der Waals surface area contributed by atoms with Gasteiger partial charge in [0.1, 0.15) is 18.0 Å². The van der Waals surface area contributed by atoms with Crippen molar-refractivity contribution in [2.75, 3.05) is 13.1 Å². The van der Waals surface area contributed by atoms with Crippen LogP contribution in [-0.2, 0) is 35.8 Å². The molecule has 2 aromatic heterocycles. The maximum absolute atomic E-state index is 12.0. The predicted molar refractivity (Wildman–Crippen MR) is 114 cm³/mol. The van der Waals surface area contributed by atoms with E-state index < -0.39 is 0 Å². The molecule has 0 bridgehead atoms. The first kappa shape index (κ1) is 21.3. The summed E-state index contributed by atoms with van der Waals surface area (Å²) >= 11 is 0. The minimum atomic E-state index is -0.305. The van der Waals surface area contributed by atoms with Crippen molar-refractivity contribution in [3.8, 4) is 0 Å². The third-order valence-electron chi connectivity index (χ3n) is 6.02. The number of ether oxygens (including phenoxy) is 1. The second-order valence-electron chi connectivity index (χ2n) is 8.09. The number of aromatic amines is 1. The van der Waals surface area contributed by atoms with E-state index in [2.05, 4.69) is 44.8 Å². The molecule has 2 N–H and O–H groups in total. The molecule has 31 heavy (non-hydrogen) atoms. The fourth-order valence-corrected chi connectivity index (χ4v) is 4.50. The first-order chi connectivity index (χ1) is 15.1. The normalized spacial score (nSPS) is 20.5. The summed E-state index contributed by atoms with van der Waals surface area (Å²) in [4.78, 5) is 27.7. The Morgan fingerprint density at radius 2 is 2.13 bits per heavy atom. The molecular formula is C21H28N6O4. The summed E-state index contributed by atoms with van der Waals surface area (Å²) in [5.41, 5.74) is 1.83. The van der Waals surface area contributed by atoms with E-state index in [-0.39, 0.29) is 17.8 Å². The average Bonchev–Trinajstić information content (AvgIpc) is 3.44. The molecule has 2 aliphatic heterocycles. The second kappa shape index (κ2) is 9.03. The molecule has 0 aliphatic carbocycles. The average molecular weight is 428 g/mol. The second-order valence-corrected chi connectivity index (χ2v) is 8.09. The van der Waals surface area contributed by atoms with Crippen LogP contribution in [0, 0.1) is 0 Å². The van der Waals surface area contributed by atoms with Gasteiger partial charge in [0.2, 0.25) is 0 Å². The van der Waals surface area contributed by atoms with E-state index in [1.807, 2.05) is 6.07 Å². The summed E-state index contributed by atoms with van der Waals surface area (Å²) in [6.45, 7) is 6.48. The van der Waals surface area contributed by atoms with Crippen LogP contribution in [0.4, 0.5) is 0 Å². The number of fused-ring (bicyclic) bond motifs is 2. The van der Waals surface area contributed by atoms with Gasteiger partial charge in [-0.05, 0) is 25.0 Å². The number of likely N-dealkylation sites (tertiary alicyclic amines) is 1. The summed E-state index contributed by atoms with van der Waals surface area (Å²) in [7, 11) is 0. The van der Waals surface area contributed by atoms with Gasteiger partial charge in [-0.15, -0.1) is 0 Å². The van der Waals surface area contributed by atoms with Crippen molar-refractivity contribution in [3.05, 3.63) is 46.4 Å². The lowest BCUT2D eigenvalue weighted by Gasteiger charge is -2.33. The van der Waals surface area contributed by atoms with Crippen molar-refractivity contribution in [2.24, 2.45) is 0 Å². The van der Waals surface area contributed by atoms with Gasteiger partial charge in [-0.25, -0.2) is 14.9 Å². The zero-order valence-electron chi connectivity index (χ0n) is 17.7. The Bertz CT molecular complexity index is 1100. The van der Waals surface area contributed by atoms with Gasteiger partial charge in [-0.1, -0.05) is 25.5 Å². The number of aromatic nitrogens is 5. The van der Waals surface area contributed by atoms with Crippen molar-refractivity contribution >= 4 is 17.5 Å². The number of unbranched alkanes of at least 4 members (excludes halogenated alkanes) is 1. The Kier molecular flexibility index (Phi) is 6.19. The number of nitrogens with zero attached hydrogens (tertiary/aromatic N) is 5. The van der Waals surface area contributed by atoms with Gasteiger partial charge in [0.15, 0.2) is 5.82 Å². The molecule has 1 aromatic carbocycles. The van der Waals surface area contributed by atoms with Crippen LogP contribution in [0.1, 0.15) is 37.8 Å². The Hall–Kier alpha value is -2.98. The van der Waals surface area contributed by atoms with Crippen LogP contribution in [-0.4, -0.2) is 59.5 Å². The van der Waals surface area contributed by atoms with Gasteiger partial charge in [-0.2, -0.15) is 5.10 Å². The third kappa shape index (κ3) is 4.26. The Morgan fingerprint density at radius 1 is 1.32 bits per heavy atom. The van der Waals surface area contributed by atoms with Gasteiger partial charge >= 0.3 is 5.69 Å². The summed E-state index contributed by atoms with van der Waals surface area (Å²) in [5, 5.41) is 13.5. The lowest BCUT2D eigenvalue weighted by molar-refractivity contribution is -0.122. The van der Waals surface area contributed by atoms with Crippen molar-refractivity contribution in [1.29, 1.82) is 0 Å². The fraction of sp³-hybridized carbons (Fsp3) is 0.524. The maximum Gasteiger partial charge on any atom is 0.343 e. The van der Waals surface area contributed by atoms with E-state index in [0.29, 0.717) is 19.0 Å². The molecule has 3 aromatic rings. The van der Waals surface area contributed by atoms with Gasteiger partial charge in [0, 0.05) is 19.6 Å². The summed E-state index contributed by atoms with van der Waals surface area (Å²) in [6, 6.07) is 8.37.